The number of halogens is 3. The van der Waals surface area contributed by atoms with E-state index in [0.29, 0.717) is 4.47 Å². The third-order valence-corrected chi connectivity index (χ3v) is 1.79. The molecular formula is C7H5BrF2. The first-order valence-electron chi connectivity index (χ1n) is 2.74. The van der Waals surface area contributed by atoms with E-state index in [4.69, 9.17) is 0 Å². The average molecular weight is 207 g/mol. The van der Waals surface area contributed by atoms with Crippen molar-refractivity contribution in [1.82, 2.24) is 0 Å². The molecule has 1 aromatic rings. The molecule has 0 atom stereocenters. The topological polar surface area (TPSA) is 0 Å². The number of hydrogen-bond donors (Lipinski definition) is 0. The fourth-order valence-electron chi connectivity index (χ4n) is 0.652. The van der Waals surface area contributed by atoms with Gasteiger partial charge < -0.3 is 0 Å². The van der Waals surface area contributed by atoms with Gasteiger partial charge >= 0.3 is 0 Å². The van der Waals surface area contributed by atoms with Crippen LogP contribution in [0, 0.1) is 5.82 Å². The van der Waals surface area contributed by atoms with Gasteiger partial charge in [0.15, 0.2) is 0 Å². The van der Waals surface area contributed by atoms with Crippen LogP contribution in [0.5, 0.6) is 0 Å². The fraction of sp³-hybridized carbons (Fsp3) is 0.143. The van der Waals surface area contributed by atoms with Gasteiger partial charge in [-0.1, -0.05) is 12.1 Å². The van der Waals surface area contributed by atoms with Crippen molar-refractivity contribution in [3.05, 3.63) is 34.1 Å². The molecule has 1 rings (SSSR count). The number of benzene rings is 1. The second-order valence-electron chi connectivity index (χ2n) is 1.85. The van der Waals surface area contributed by atoms with Crippen molar-refractivity contribution < 1.29 is 8.78 Å². The molecule has 0 radical (unpaired) electrons. The first-order chi connectivity index (χ1) is 4.75. The Morgan fingerprint density at radius 1 is 1.40 bits per heavy atom. The molecule has 54 valence electrons. The molecule has 0 aromatic heterocycles. The quantitative estimate of drug-likeness (QED) is 0.663. The lowest BCUT2D eigenvalue weighted by molar-refractivity contribution is 0.462. The molecule has 0 unspecified atom stereocenters. The normalized spacial score (nSPS) is 9.90. The lowest BCUT2D eigenvalue weighted by Crippen LogP contribution is -1.86. The van der Waals surface area contributed by atoms with Crippen molar-refractivity contribution in [2.24, 2.45) is 0 Å². The van der Waals surface area contributed by atoms with E-state index < -0.39 is 12.5 Å². The summed E-state index contributed by atoms with van der Waals surface area (Å²) in [4.78, 5) is 0. The van der Waals surface area contributed by atoms with Gasteiger partial charge in [0.25, 0.3) is 0 Å². The van der Waals surface area contributed by atoms with Crippen molar-refractivity contribution in [1.29, 1.82) is 0 Å². The van der Waals surface area contributed by atoms with Gasteiger partial charge in [0.1, 0.15) is 12.5 Å². The van der Waals surface area contributed by atoms with Crippen molar-refractivity contribution in [2.45, 2.75) is 6.67 Å². The Morgan fingerprint density at radius 2 is 2.10 bits per heavy atom. The van der Waals surface area contributed by atoms with Gasteiger partial charge in [-0.25, -0.2) is 8.78 Å². The molecular weight excluding hydrogens is 202 g/mol. The number of rotatable bonds is 1. The van der Waals surface area contributed by atoms with E-state index in [-0.39, 0.29) is 5.56 Å². The van der Waals surface area contributed by atoms with E-state index >= 15 is 0 Å². The predicted molar refractivity (Wildman–Crippen MR) is 38.9 cm³/mol. The second-order valence-corrected chi connectivity index (χ2v) is 2.70. The van der Waals surface area contributed by atoms with Crippen LogP contribution in [0.4, 0.5) is 8.78 Å². The monoisotopic (exact) mass is 206 g/mol. The summed E-state index contributed by atoms with van der Waals surface area (Å²) in [5.41, 5.74) is 0.0920. The highest BCUT2D eigenvalue weighted by Crippen LogP contribution is 2.18. The van der Waals surface area contributed by atoms with E-state index in [9.17, 15) is 8.78 Å². The molecule has 0 nitrogen and oxygen atoms in total. The summed E-state index contributed by atoms with van der Waals surface area (Å²) in [5, 5.41) is 0. The third kappa shape index (κ3) is 1.34. The standard InChI is InChI=1S/C7H5BrF2/c8-6-3-1-2-5(4-9)7(6)10/h1-3H,4H2. The molecule has 3 heteroatoms. The summed E-state index contributed by atoms with van der Waals surface area (Å²) in [7, 11) is 0. The second kappa shape index (κ2) is 3.10. The van der Waals surface area contributed by atoms with Crippen molar-refractivity contribution >= 4 is 15.9 Å². The Morgan fingerprint density at radius 3 is 2.60 bits per heavy atom. The largest absolute Gasteiger partial charge is 0.246 e. The van der Waals surface area contributed by atoms with E-state index in [0.717, 1.165) is 0 Å². The van der Waals surface area contributed by atoms with E-state index in [1.54, 1.807) is 6.07 Å². The number of alkyl halides is 1. The van der Waals surface area contributed by atoms with Gasteiger partial charge in [0, 0.05) is 5.56 Å². The lowest BCUT2D eigenvalue weighted by atomic mass is 10.2. The maximum absolute atomic E-state index is 12.7. The SMILES string of the molecule is FCc1cccc(Br)c1F. The van der Waals surface area contributed by atoms with E-state index in [1.807, 2.05) is 0 Å². The predicted octanol–water partition coefficient (Wildman–Crippen LogP) is 3.06. The molecule has 0 fully saturated rings. The molecule has 0 aliphatic heterocycles. The molecule has 0 saturated carbocycles. The Labute approximate surface area is 66.0 Å². The Bertz CT molecular complexity index is 235. The van der Waals surface area contributed by atoms with Crippen molar-refractivity contribution in [3.63, 3.8) is 0 Å². The molecule has 1 aromatic carbocycles. The zero-order chi connectivity index (χ0) is 7.56. The van der Waals surface area contributed by atoms with Gasteiger partial charge in [-0.15, -0.1) is 0 Å². The lowest BCUT2D eigenvalue weighted by Gasteiger charge is -1.97. The van der Waals surface area contributed by atoms with Crippen LogP contribution in [-0.4, -0.2) is 0 Å². The van der Waals surface area contributed by atoms with Gasteiger partial charge in [-0.2, -0.15) is 0 Å². The van der Waals surface area contributed by atoms with Gasteiger partial charge in [0.05, 0.1) is 4.47 Å². The van der Waals surface area contributed by atoms with Crippen LogP contribution in [0.2, 0.25) is 0 Å². The molecule has 0 amide bonds. The maximum atomic E-state index is 12.7. The summed E-state index contributed by atoms with van der Waals surface area (Å²) in [6.45, 7) is -0.759. The molecule has 10 heavy (non-hydrogen) atoms. The maximum Gasteiger partial charge on any atom is 0.143 e. The fourth-order valence-corrected chi connectivity index (χ4v) is 1.06. The Balaban J connectivity index is 3.14. The molecule has 0 saturated heterocycles. The minimum absolute atomic E-state index is 0.0920. The van der Waals surface area contributed by atoms with Crippen LogP contribution in [0.1, 0.15) is 5.56 Å². The zero-order valence-corrected chi connectivity index (χ0v) is 6.66. The molecule has 0 bridgehead atoms. The van der Waals surface area contributed by atoms with Crippen LogP contribution in [-0.2, 0) is 6.67 Å². The minimum atomic E-state index is -0.759. The molecule has 0 aliphatic carbocycles. The average Bonchev–Trinajstić information content (AvgIpc) is 1.95. The van der Waals surface area contributed by atoms with E-state index in [2.05, 4.69) is 15.9 Å². The summed E-state index contributed by atoms with van der Waals surface area (Å²) in [5.74, 6) is -0.509. The molecule has 0 heterocycles. The third-order valence-electron chi connectivity index (χ3n) is 1.18. The zero-order valence-electron chi connectivity index (χ0n) is 5.07. The summed E-state index contributed by atoms with van der Waals surface area (Å²) in [6, 6.07) is 4.55. The highest BCUT2D eigenvalue weighted by molar-refractivity contribution is 9.10. The highest BCUT2D eigenvalue weighted by Gasteiger charge is 2.03. The van der Waals surface area contributed by atoms with Crippen LogP contribution < -0.4 is 0 Å². The smallest absolute Gasteiger partial charge is 0.143 e. The Hall–Kier alpha value is -0.440. The van der Waals surface area contributed by atoms with Crippen LogP contribution in [0.3, 0.4) is 0 Å². The van der Waals surface area contributed by atoms with Gasteiger partial charge in [0.2, 0.25) is 0 Å². The Kier molecular flexibility index (Phi) is 2.38. The molecule has 0 N–H and O–H groups in total. The van der Waals surface area contributed by atoms with Crippen molar-refractivity contribution in [2.75, 3.05) is 0 Å². The van der Waals surface area contributed by atoms with Crippen LogP contribution in [0.15, 0.2) is 22.7 Å². The first kappa shape index (κ1) is 7.66. The van der Waals surface area contributed by atoms with Crippen LogP contribution in [0.25, 0.3) is 0 Å². The summed E-state index contributed by atoms with van der Waals surface area (Å²) in [6.07, 6.45) is 0. The summed E-state index contributed by atoms with van der Waals surface area (Å²) < 4.78 is 24.9. The highest BCUT2D eigenvalue weighted by atomic mass is 79.9. The molecule has 0 aliphatic rings. The summed E-state index contributed by atoms with van der Waals surface area (Å²) >= 11 is 2.95. The van der Waals surface area contributed by atoms with Gasteiger partial charge in [-0.05, 0) is 22.0 Å². The van der Waals surface area contributed by atoms with Crippen molar-refractivity contribution in [3.8, 4) is 0 Å². The minimum Gasteiger partial charge on any atom is -0.246 e. The van der Waals surface area contributed by atoms with Gasteiger partial charge in [-0.3, -0.25) is 0 Å². The molecule has 0 spiro atoms. The first-order valence-corrected chi connectivity index (χ1v) is 3.54. The van der Waals surface area contributed by atoms with E-state index in [1.165, 1.54) is 12.1 Å². The number of hydrogen-bond acceptors (Lipinski definition) is 0. The van der Waals surface area contributed by atoms with Crippen LogP contribution >= 0.6 is 15.9 Å².